The molecular formula is C21H32O8. The van der Waals surface area contributed by atoms with E-state index in [0.29, 0.717) is 30.8 Å². The Morgan fingerprint density at radius 1 is 0.897 bits per heavy atom. The van der Waals surface area contributed by atoms with Crippen molar-refractivity contribution >= 4 is 17.9 Å². The first-order chi connectivity index (χ1) is 14.0. The van der Waals surface area contributed by atoms with Gasteiger partial charge in [-0.3, -0.25) is 4.79 Å². The molecule has 164 valence electrons. The first-order valence-corrected chi connectivity index (χ1v) is 9.84. The molecule has 1 aliphatic heterocycles. The maximum absolute atomic E-state index is 10.8. The number of aliphatic hydroxyl groups is 2. The number of fused-ring (bicyclic) bond motifs is 1. The van der Waals surface area contributed by atoms with E-state index >= 15 is 0 Å². The van der Waals surface area contributed by atoms with Gasteiger partial charge in [0.1, 0.15) is 0 Å². The lowest BCUT2D eigenvalue weighted by Gasteiger charge is -1.97. The number of esters is 2. The third-order valence-corrected chi connectivity index (χ3v) is 3.77. The van der Waals surface area contributed by atoms with Crippen molar-refractivity contribution < 1.29 is 39.2 Å². The molecule has 0 spiro atoms. The molecule has 8 nitrogen and oxygen atoms in total. The molecule has 0 amide bonds. The van der Waals surface area contributed by atoms with Crippen molar-refractivity contribution in [2.75, 3.05) is 26.4 Å². The van der Waals surface area contributed by atoms with Crippen molar-refractivity contribution in [3.8, 4) is 0 Å². The highest BCUT2D eigenvalue weighted by Gasteiger charge is 2.28. The minimum absolute atomic E-state index is 0.0278. The number of hydrogen-bond donors (Lipinski definition) is 3. The minimum Gasteiger partial charge on any atom is -0.481 e. The van der Waals surface area contributed by atoms with Gasteiger partial charge in [0.05, 0.1) is 37.6 Å². The monoisotopic (exact) mass is 412 g/mol. The van der Waals surface area contributed by atoms with Crippen LogP contribution in [-0.2, 0) is 14.3 Å². The van der Waals surface area contributed by atoms with E-state index in [9.17, 15) is 14.4 Å². The predicted octanol–water partition coefficient (Wildman–Crippen LogP) is 2.81. The van der Waals surface area contributed by atoms with Gasteiger partial charge >= 0.3 is 17.9 Å². The third kappa shape index (κ3) is 13.5. The number of aliphatic hydroxyl groups excluding tert-OH is 2. The molecule has 1 aliphatic rings. The first-order valence-electron chi connectivity index (χ1n) is 9.84. The number of unbranched alkanes of at least 4 members (excludes halogenated alkanes) is 5. The molecule has 29 heavy (non-hydrogen) atoms. The molecule has 1 aromatic rings. The van der Waals surface area contributed by atoms with Crippen LogP contribution in [0, 0.1) is 0 Å². The van der Waals surface area contributed by atoms with Gasteiger partial charge in [-0.05, 0) is 18.6 Å². The fraction of sp³-hybridized carbons (Fsp3) is 0.571. The van der Waals surface area contributed by atoms with Crippen LogP contribution in [-0.4, -0.2) is 59.7 Å². The highest BCUT2D eigenvalue weighted by atomic mass is 16.6. The summed E-state index contributed by atoms with van der Waals surface area (Å²) in [5.74, 6) is -1.77. The smallest absolute Gasteiger partial charge is 0.346 e. The van der Waals surface area contributed by atoms with Gasteiger partial charge < -0.3 is 24.8 Å². The van der Waals surface area contributed by atoms with E-state index in [1.807, 2.05) is 0 Å². The lowest BCUT2D eigenvalue weighted by atomic mass is 10.1. The highest BCUT2D eigenvalue weighted by Crippen LogP contribution is 2.18. The number of carbonyl (C=O) groups excluding carboxylic acids is 2. The van der Waals surface area contributed by atoms with Crippen LogP contribution in [0.5, 0.6) is 0 Å². The first kappa shape index (κ1) is 26.7. The molecule has 1 aromatic carbocycles. The molecule has 0 atom stereocenters. The molecule has 0 bridgehead atoms. The van der Waals surface area contributed by atoms with Crippen molar-refractivity contribution in [2.45, 2.75) is 51.9 Å². The van der Waals surface area contributed by atoms with Crippen LogP contribution in [0.1, 0.15) is 72.6 Å². The second-order valence-electron chi connectivity index (χ2n) is 6.19. The number of hydrogen-bond acceptors (Lipinski definition) is 7. The zero-order chi connectivity index (χ0) is 21.9. The van der Waals surface area contributed by atoms with Gasteiger partial charge in [0, 0.05) is 6.42 Å². The molecule has 2 rings (SSSR count). The standard InChI is InChI=1S/C9H18O2.C8H4O3.C4H10O3/c1-2-3-4-5-6-7-8-9(10)11;9-7-5-3-1-2-4-6(5)8(10)11-7;5-1-3-7-4-2-6/h2-8H2,1H3,(H,10,11);1-4H;5-6H,1-4H2. The number of cyclic esters (lactones) is 2. The van der Waals surface area contributed by atoms with Crippen molar-refractivity contribution in [3.63, 3.8) is 0 Å². The number of benzene rings is 1. The SMILES string of the molecule is CCCCCCCCC(=O)O.O=C1OC(=O)c2ccccc21.OCCOCCO. The summed E-state index contributed by atoms with van der Waals surface area (Å²) in [6, 6.07) is 6.53. The molecule has 1 heterocycles. The predicted molar refractivity (Wildman–Crippen MR) is 107 cm³/mol. The van der Waals surface area contributed by atoms with Crippen LogP contribution < -0.4 is 0 Å². The molecular weight excluding hydrogens is 380 g/mol. The molecule has 0 unspecified atom stereocenters. The molecule has 3 N–H and O–H groups in total. The van der Waals surface area contributed by atoms with Crippen LogP contribution >= 0.6 is 0 Å². The third-order valence-electron chi connectivity index (χ3n) is 3.77. The zero-order valence-corrected chi connectivity index (χ0v) is 17.0. The van der Waals surface area contributed by atoms with Gasteiger partial charge in [-0.2, -0.15) is 0 Å². The minimum atomic E-state index is -0.666. The Labute approximate surface area is 171 Å². The average molecular weight is 412 g/mol. The number of carboxylic acids is 1. The van der Waals surface area contributed by atoms with Crippen LogP contribution in [0.2, 0.25) is 0 Å². The number of rotatable bonds is 11. The van der Waals surface area contributed by atoms with E-state index < -0.39 is 17.9 Å². The zero-order valence-electron chi connectivity index (χ0n) is 17.0. The molecule has 0 aliphatic carbocycles. The van der Waals surface area contributed by atoms with E-state index in [2.05, 4.69) is 16.4 Å². The lowest BCUT2D eigenvalue weighted by molar-refractivity contribution is -0.137. The van der Waals surface area contributed by atoms with Crippen LogP contribution in [0.25, 0.3) is 0 Å². The van der Waals surface area contributed by atoms with Crippen LogP contribution in [0.4, 0.5) is 0 Å². The van der Waals surface area contributed by atoms with E-state index in [1.54, 1.807) is 24.3 Å². The summed E-state index contributed by atoms with van der Waals surface area (Å²) in [6.45, 7) is 2.87. The lowest BCUT2D eigenvalue weighted by Crippen LogP contribution is -2.03. The summed E-state index contributed by atoms with van der Waals surface area (Å²) >= 11 is 0. The maximum Gasteiger partial charge on any atom is 0.346 e. The molecule has 0 aromatic heterocycles. The largest absolute Gasteiger partial charge is 0.481 e. The van der Waals surface area contributed by atoms with Gasteiger partial charge in [-0.1, -0.05) is 51.2 Å². The Hall–Kier alpha value is -2.29. The van der Waals surface area contributed by atoms with E-state index in [0.717, 1.165) is 12.8 Å². The second kappa shape index (κ2) is 17.8. The Kier molecular flexibility index (Phi) is 16.4. The summed E-state index contributed by atoms with van der Waals surface area (Å²) in [5.41, 5.74) is 0.718. The van der Waals surface area contributed by atoms with Gasteiger partial charge in [-0.15, -0.1) is 0 Å². The molecule has 0 radical (unpaired) electrons. The number of carbonyl (C=O) groups is 3. The summed E-state index contributed by atoms with van der Waals surface area (Å²) in [7, 11) is 0. The van der Waals surface area contributed by atoms with Gasteiger partial charge in [-0.25, -0.2) is 9.59 Å². The van der Waals surface area contributed by atoms with Crippen molar-refractivity contribution in [1.82, 2.24) is 0 Å². The highest BCUT2D eigenvalue weighted by molar-refractivity contribution is 6.14. The molecule has 0 saturated carbocycles. The summed E-state index contributed by atoms with van der Waals surface area (Å²) in [5, 5.41) is 24.5. The number of ether oxygens (including phenoxy) is 2. The quantitative estimate of drug-likeness (QED) is 0.287. The van der Waals surface area contributed by atoms with E-state index in [4.69, 9.17) is 15.3 Å². The van der Waals surface area contributed by atoms with E-state index in [-0.39, 0.29) is 13.2 Å². The summed E-state index contributed by atoms with van der Waals surface area (Å²) < 4.78 is 8.99. The summed E-state index contributed by atoms with van der Waals surface area (Å²) in [4.78, 5) is 31.8. The number of aliphatic carboxylic acids is 1. The van der Waals surface area contributed by atoms with Crippen LogP contribution in [0.3, 0.4) is 0 Å². The van der Waals surface area contributed by atoms with Crippen LogP contribution in [0.15, 0.2) is 24.3 Å². The molecule has 8 heteroatoms. The van der Waals surface area contributed by atoms with Crippen molar-refractivity contribution in [2.24, 2.45) is 0 Å². The Bertz CT molecular complexity index is 563. The normalized spacial score (nSPS) is 11.6. The van der Waals surface area contributed by atoms with Crippen molar-refractivity contribution in [3.05, 3.63) is 35.4 Å². The Morgan fingerprint density at radius 3 is 1.83 bits per heavy atom. The van der Waals surface area contributed by atoms with Gasteiger partial charge in [0.15, 0.2) is 0 Å². The molecule has 0 fully saturated rings. The Morgan fingerprint density at radius 2 is 1.38 bits per heavy atom. The maximum atomic E-state index is 10.8. The second-order valence-corrected chi connectivity index (χ2v) is 6.19. The Balaban J connectivity index is 0.000000419. The average Bonchev–Trinajstić information content (AvgIpc) is 3.00. The number of carboxylic acid groups (broad SMARTS) is 1. The fourth-order valence-electron chi connectivity index (χ4n) is 2.32. The topological polar surface area (TPSA) is 130 Å². The van der Waals surface area contributed by atoms with Gasteiger partial charge in [0.2, 0.25) is 0 Å². The van der Waals surface area contributed by atoms with Crippen molar-refractivity contribution in [1.29, 1.82) is 0 Å². The fourth-order valence-corrected chi connectivity index (χ4v) is 2.32. The molecule has 0 saturated heterocycles. The summed E-state index contributed by atoms with van der Waals surface area (Å²) in [6.07, 6.45) is 7.25. The van der Waals surface area contributed by atoms with Gasteiger partial charge in [0.25, 0.3) is 0 Å². The van der Waals surface area contributed by atoms with E-state index in [1.165, 1.54) is 25.7 Å².